The zero-order chi connectivity index (χ0) is 9.68. The molecule has 0 amide bonds. The molecule has 0 aliphatic carbocycles. The lowest BCUT2D eigenvalue weighted by atomic mass is 10.0. The van der Waals surface area contributed by atoms with E-state index in [9.17, 15) is 4.79 Å². The summed E-state index contributed by atoms with van der Waals surface area (Å²) >= 11 is 0. The summed E-state index contributed by atoms with van der Waals surface area (Å²) in [5.74, 6) is 0.0400. The van der Waals surface area contributed by atoms with Crippen LogP contribution in [0.4, 0.5) is 0 Å². The normalized spacial score (nSPS) is 10.6. The highest BCUT2D eigenvalue weighted by Gasteiger charge is 2.01. The number of hydrogen-bond donors (Lipinski definition) is 1. The zero-order valence-corrected chi connectivity index (χ0v) is 7.53. The standard InChI is InChI=1S/C11H12O2/c1-9(13)11-7-3-2-5-10(11)6-4-8-12/h2-7,12H,8H2,1H3. The fourth-order valence-electron chi connectivity index (χ4n) is 1.14. The van der Waals surface area contributed by atoms with Gasteiger partial charge in [-0.25, -0.2) is 0 Å². The van der Waals surface area contributed by atoms with Gasteiger partial charge in [-0.15, -0.1) is 0 Å². The Labute approximate surface area is 77.5 Å². The molecule has 0 unspecified atom stereocenters. The first kappa shape index (κ1) is 9.68. The van der Waals surface area contributed by atoms with Crippen LogP contribution >= 0.6 is 0 Å². The van der Waals surface area contributed by atoms with Crippen LogP contribution < -0.4 is 0 Å². The van der Waals surface area contributed by atoms with Gasteiger partial charge in [0, 0.05) is 5.56 Å². The lowest BCUT2D eigenvalue weighted by Crippen LogP contribution is -1.94. The van der Waals surface area contributed by atoms with Gasteiger partial charge in [0.2, 0.25) is 0 Å². The third-order valence-corrected chi connectivity index (χ3v) is 1.74. The van der Waals surface area contributed by atoms with Crippen molar-refractivity contribution in [2.75, 3.05) is 6.61 Å². The van der Waals surface area contributed by atoms with E-state index in [1.807, 2.05) is 18.2 Å². The Morgan fingerprint density at radius 1 is 1.46 bits per heavy atom. The minimum atomic E-state index is -0.00770. The molecule has 0 saturated heterocycles. The average Bonchev–Trinajstić information content (AvgIpc) is 2.15. The van der Waals surface area contributed by atoms with Crippen molar-refractivity contribution >= 4 is 11.9 Å². The van der Waals surface area contributed by atoms with Crippen molar-refractivity contribution in [2.24, 2.45) is 0 Å². The number of carbonyl (C=O) groups is 1. The SMILES string of the molecule is CC(=O)c1ccccc1C=CCO. The van der Waals surface area contributed by atoms with Gasteiger partial charge in [0.15, 0.2) is 5.78 Å². The third kappa shape index (κ3) is 2.53. The first-order chi connectivity index (χ1) is 6.25. The Morgan fingerprint density at radius 2 is 2.15 bits per heavy atom. The van der Waals surface area contributed by atoms with E-state index in [0.29, 0.717) is 5.56 Å². The lowest BCUT2D eigenvalue weighted by Gasteiger charge is -2.00. The summed E-state index contributed by atoms with van der Waals surface area (Å²) in [6, 6.07) is 7.32. The molecule has 2 heteroatoms. The molecule has 68 valence electrons. The molecule has 1 rings (SSSR count). The monoisotopic (exact) mass is 176 g/mol. The van der Waals surface area contributed by atoms with Crippen LogP contribution in [0, 0.1) is 0 Å². The fraction of sp³-hybridized carbons (Fsp3) is 0.182. The van der Waals surface area contributed by atoms with Crippen LogP contribution in [-0.2, 0) is 0 Å². The van der Waals surface area contributed by atoms with E-state index < -0.39 is 0 Å². The van der Waals surface area contributed by atoms with Crippen molar-refractivity contribution in [1.29, 1.82) is 0 Å². The molecule has 2 nitrogen and oxygen atoms in total. The predicted molar refractivity (Wildman–Crippen MR) is 52.6 cm³/mol. The minimum Gasteiger partial charge on any atom is -0.392 e. The summed E-state index contributed by atoms with van der Waals surface area (Å²) in [6.07, 6.45) is 3.36. The summed E-state index contributed by atoms with van der Waals surface area (Å²) in [7, 11) is 0. The molecule has 1 N–H and O–H groups in total. The van der Waals surface area contributed by atoms with Gasteiger partial charge >= 0.3 is 0 Å². The molecular weight excluding hydrogens is 164 g/mol. The van der Waals surface area contributed by atoms with Crippen molar-refractivity contribution < 1.29 is 9.90 Å². The summed E-state index contributed by atoms with van der Waals surface area (Å²) < 4.78 is 0. The molecule has 1 aromatic rings. The molecule has 1 aromatic carbocycles. The van der Waals surface area contributed by atoms with E-state index in [0.717, 1.165) is 5.56 Å². The minimum absolute atomic E-state index is 0.00770. The van der Waals surface area contributed by atoms with Crippen molar-refractivity contribution in [3.05, 3.63) is 41.5 Å². The Kier molecular flexibility index (Phi) is 3.41. The predicted octanol–water partition coefficient (Wildman–Crippen LogP) is 1.89. The summed E-state index contributed by atoms with van der Waals surface area (Å²) in [6.45, 7) is 1.53. The van der Waals surface area contributed by atoms with E-state index in [1.54, 1.807) is 18.2 Å². The highest BCUT2D eigenvalue weighted by Crippen LogP contribution is 2.10. The molecule has 0 radical (unpaired) electrons. The lowest BCUT2D eigenvalue weighted by molar-refractivity contribution is 0.101. The maximum Gasteiger partial charge on any atom is 0.160 e. The highest BCUT2D eigenvalue weighted by atomic mass is 16.2. The van der Waals surface area contributed by atoms with E-state index in [4.69, 9.17) is 5.11 Å². The molecule has 0 saturated carbocycles. The smallest absolute Gasteiger partial charge is 0.160 e. The van der Waals surface area contributed by atoms with Gasteiger partial charge in [0.25, 0.3) is 0 Å². The number of carbonyl (C=O) groups excluding carboxylic acids is 1. The van der Waals surface area contributed by atoms with Gasteiger partial charge in [-0.05, 0) is 12.5 Å². The number of ketones is 1. The molecular formula is C11H12O2. The molecule has 0 aromatic heterocycles. The van der Waals surface area contributed by atoms with Gasteiger partial charge in [0.1, 0.15) is 0 Å². The molecule has 0 heterocycles. The van der Waals surface area contributed by atoms with Crippen molar-refractivity contribution in [3.63, 3.8) is 0 Å². The van der Waals surface area contributed by atoms with Gasteiger partial charge in [-0.1, -0.05) is 36.4 Å². The van der Waals surface area contributed by atoms with Crippen LogP contribution in [0.3, 0.4) is 0 Å². The summed E-state index contributed by atoms with van der Waals surface area (Å²) in [5.41, 5.74) is 1.54. The molecule has 13 heavy (non-hydrogen) atoms. The number of aliphatic hydroxyl groups excluding tert-OH is 1. The van der Waals surface area contributed by atoms with E-state index >= 15 is 0 Å². The fourth-order valence-corrected chi connectivity index (χ4v) is 1.14. The molecule has 0 aliphatic heterocycles. The van der Waals surface area contributed by atoms with Crippen LogP contribution in [0.25, 0.3) is 6.08 Å². The Hall–Kier alpha value is -1.41. The number of aliphatic hydroxyl groups is 1. The maximum absolute atomic E-state index is 11.1. The molecule has 0 spiro atoms. The van der Waals surface area contributed by atoms with Gasteiger partial charge in [-0.3, -0.25) is 4.79 Å². The van der Waals surface area contributed by atoms with E-state index in [1.165, 1.54) is 6.92 Å². The van der Waals surface area contributed by atoms with Gasteiger partial charge < -0.3 is 5.11 Å². The van der Waals surface area contributed by atoms with Gasteiger partial charge in [0.05, 0.1) is 6.61 Å². The second-order valence-corrected chi connectivity index (χ2v) is 2.73. The first-order valence-corrected chi connectivity index (χ1v) is 4.13. The number of benzene rings is 1. The second-order valence-electron chi connectivity index (χ2n) is 2.73. The number of hydrogen-bond acceptors (Lipinski definition) is 2. The van der Waals surface area contributed by atoms with Crippen molar-refractivity contribution in [2.45, 2.75) is 6.92 Å². The van der Waals surface area contributed by atoms with Crippen molar-refractivity contribution in [3.8, 4) is 0 Å². The Balaban J connectivity index is 3.05. The highest BCUT2D eigenvalue weighted by molar-refractivity contribution is 5.97. The molecule has 0 bridgehead atoms. The third-order valence-electron chi connectivity index (χ3n) is 1.74. The second kappa shape index (κ2) is 4.58. The topological polar surface area (TPSA) is 37.3 Å². The van der Waals surface area contributed by atoms with Crippen LogP contribution in [0.5, 0.6) is 0 Å². The van der Waals surface area contributed by atoms with Crippen molar-refractivity contribution in [1.82, 2.24) is 0 Å². The maximum atomic E-state index is 11.1. The molecule has 0 fully saturated rings. The zero-order valence-electron chi connectivity index (χ0n) is 7.53. The molecule has 0 atom stereocenters. The van der Waals surface area contributed by atoms with Crippen LogP contribution in [-0.4, -0.2) is 17.5 Å². The summed E-state index contributed by atoms with van der Waals surface area (Å²) in [5, 5.41) is 8.59. The quantitative estimate of drug-likeness (QED) is 0.714. The average molecular weight is 176 g/mol. The first-order valence-electron chi connectivity index (χ1n) is 4.13. The van der Waals surface area contributed by atoms with E-state index in [-0.39, 0.29) is 12.4 Å². The largest absolute Gasteiger partial charge is 0.392 e. The van der Waals surface area contributed by atoms with Gasteiger partial charge in [-0.2, -0.15) is 0 Å². The molecule has 0 aliphatic rings. The van der Waals surface area contributed by atoms with Crippen LogP contribution in [0.15, 0.2) is 30.3 Å². The van der Waals surface area contributed by atoms with E-state index in [2.05, 4.69) is 0 Å². The number of rotatable bonds is 3. The number of Topliss-reactive ketones (excluding diaryl/α,β-unsaturated/α-hetero) is 1. The van der Waals surface area contributed by atoms with Crippen LogP contribution in [0.2, 0.25) is 0 Å². The van der Waals surface area contributed by atoms with Crippen LogP contribution in [0.1, 0.15) is 22.8 Å². The Morgan fingerprint density at radius 3 is 2.77 bits per heavy atom. The Bertz CT molecular complexity index is 327. The summed E-state index contributed by atoms with van der Waals surface area (Å²) in [4.78, 5) is 11.1.